The Labute approximate surface area is 373 Å². The Balaban J connectivity index is 3.47. The molecule has 0 aromatic rings. The summed E-state index contributed by atoms with van der Waals surface area (Å²) in [6.45, 7) is 4.86. The molecule has 0 heterocycles. The number of nitrogens with one attached hydrogen (secondary N) is 1. The first-order chi connectivity index (χ1) is 29.5. The number of allylic oxidation sites excluding steroid dienone is 4. The third-order valence-electron chi connectivity index (χ3n) is 12.2. The van der Waals surface area contributed by atoms with E-state index < -0.39 is 12.1 Å². The second-order valence-corrected chi connectivity index (χ2v) is 18.2. The van der Waals surface area contributed by atoms with Gasteiger partial charge >= 0.3 is 5.97 Å². The molecule has 0 radical (unpaired) electrons. The molecule has 0 aliphatic rings. The number of aliphatic hydroxyl groups is 2. The van der Waals surface area contributed by atoms with Crippen LogP contribution in [0.15, 0.2) is 24.3 Å². The van der Waals surface area contributed by atoms with Gasteiger partial charge in [0.2, 0.25) is 5.91 Å². The summed E-state index contributed by atoms with van der Waals surface area (Å²) < 4.78 is 5.45. The molecular formula is C54H103NO5. The van der Waals surface area contributed by atoms with Crippen molar-refractivity contribution < 1.29 is 24.5 Å². The minimum atomic E-state index is -0.675. The summed E-state index contributed by atoms with van der Waals surface area (Å²) in [7, 11) is 0. The Morgan fingerprint density at radius 2 is 0.867 bits per heavy atom. The van der Waals surface area contributed by atoms with Gasteiger partial charge in [-0.3, -0.25) is 9.59 Å². The molecule has 0 aliphatic heterocycles. The molecule has 2 atom stereocenters. The Bertz CT molecular complexity index is 935. The van der Waals surface area contributed by atoms with Crippen molar-refractivity contribution >= 4 is 11.9 Å². The minimum absolute atomic E-state index is 0.0243. The number of unbranched alkanes of at least 4 members (excludes halogenated alkanes) is 34. The van der Waals surface area contributed by atoms with Gasteiger partial charge in [-0.15, -0.1) is 0 Å². The summed E-state index contributed by atoms with van der Waals surface area (Å²) in [4.78, 5) is 24.5. The van der Waals surface area contributed by atoms with Crippen LogP contribution in [0.25, 0.3) is 0 Å². The summed E-state index contributed by atoms with van der Waals surface area (Å²) in [6.07, 6.45) is 58.6. The molecule has 60 heavy (non-hydrogen) atoms. The molecule has 1 amide bonds. The average Bonchev–Trinajstić information content (AvgIpc) is 3.25. The van der Waals surface area contributed by atoms with Crippen molar-refractivity contribution in [3.63, 3.8) is 0 Å². The molecule has 0 aromatic heterocycles. The van der Waals surface area contributed by atoms with E-state index in [4.69, 9.17) is 4.74 Å². The van der Waals surface area contributed by atoms with Crippen LogP contribution in [0.1, 0.15) is 284 Å². The number of hydrogen-bond acceptors (Lipinski definition) is 5. The van der Waals surface area contributed by atoms with Crippen LogP contribution in [0.2, 0.25) is 0 Å². The lowest BCUT2D eigenvalue weighted by atomic mass is 10.0. The van der Waals surface area contributed by atoms with Gasteiger partial charge in [0.1, 0.15) is 0 Å². The summed E-state index contributed by atoms with van der Waals surface area (Å²) >= 11 is 0. The summed E-state index contributed by atoms with van der Waals surface area (Å²) in [5.74, 6) is -0.0742. The highest BCUT2D eigenvalue weighted by atomic mass is 16.5. The highest BCUT2D eigenvalue weighted by Crippen LogP contribution is 2.17. The minimum Gasteiger partial charge on any atom is -0.466 e. The first-order valence-corrected chi connectivity index (χ1v) is 26.6. The predicted molar refractivity (Wildman–Crippen MR) is 260 cm³/mol. The van der Waals surface area contributed by atoms with Crippen molar-refractivity contribution in [3.8, 4) is 0 Å². The Morgan fingerprint density at radius 1 is 0.467 bits per heavy atom. The molecule has 0 rings (SSSR count). The van der Waals surface area contributed by atoms with Gasteiger partial charge in [-0.25, -0.2) is 0 Å². The van der Waals surface area contributed by atoms with Crippen molar-refractivity contribution in [1.29, 1.82) is 0 Å². The second kappa shape index (κ2) is 50.0. The number of carbonyl (C=O) groups excluding carboxylic acids is 2. The van der Waals surface area contributed by atoms with Crippen molar-refractivity contribution in [3.05, 3.63) is 24.3 Å². The standard InChI is InChI=1S/C54H103NO5/c1-3-5-7-9-11-13-15-17-18-19-20-21-23-26-30-34-38-42-46-52(57)51(50-56)55-53(58)47-43-39-35-31-27-24-25-29-33-37-41-45-49-60-54(59)48-44-40-36-32-28-22-16-14-12-10-8-6-4-2/h8,10,14,16,51-52,56-57H,3-7,9,11-13,15,17-50H2,1-2H3,(H,55,58)/b10-8-,16-14-. The van der Waals surface area contributed by atoms with E-state index in [1.54, 1.807) is 0 Å². The van der Waals surface area contributed by atoms with Crippen LogP contribution in [0.4, 0.5) is 0 Å². The van der Waals surface area contributed by atoms with Crippen LogP contribution in [0, 0.1) is 0 Å². The van der Waals surface area contributed by atoms with Crippen LogP contribution in [-0.4, -0.2) is 47.4 Å². The van der Waals surface area contributed by atoms with Crippen LogP contribution in [0.3, 0.4) is 0 Å². The number of hydrogen-bond donors (Lipinski definition) is 3. The lowest BCUT2D eigenvalue weighted by molar-refractivity contribution is -0.143. The monoisotopic (exact) mass is 846 g/mol. The number of esters is 1. The number of ether oxygens (including phenoxy) is 1. The highest BCUT2D eigenvalue weighted by molar-refractivity contribution is 5.76. The largest absolute Gasteiger partial charge is 0.466 e. The van der Waals surface area contributed by atoms with E-state index in [9.17, 15) is 19.8 Å². The third-order valence-corrected chi connectivity index (χ3v) is 12.2. The maximum atomic E-state index is 12.5. The third kappa shape index (κ3) is 45.9. The SMILES string of the molecule is CCC/C=C\C/C=C\CCCCCCCC(=O)OCCCCCCCCCCCCCCC(=O)NC(CO)C(O)CCCCCCCCCCCCCCCCCCCC. The summed E-state index contributed by atoms with van der Waals surface area (Å²) in [6, 6.07) is -0.554. The Kier molecular flexibility index (Phi) is 48.6. The fraction of sp³-hybridized carbons (Fsp3) is 0.889. The van der Waals surface area contributed by atoms with Crippen LogP contribution >= 0.6 is 0 Å². The molecule has 2 unspecified atom stereocenters. The quantitative estimate of drug-likeness (QED) is 0.0322. The van der Waals surface area contributed by atoms with Crippen LogP contribution in [0.5, 0.6) is 0 Å². The molecule has 0 saturated heterocycles. The molecule has 354 valence electrons. The van der Waals surface area contributed by atoms with Gasteiger partial charge in [0, 0.05) is 12.8 Å². The van der Waals surface area contributed by atoms with Gasteiger partial charge in [-0.1, -0.05) is 244 Å². The van der Waals surface area contributed by atoms with Gasteiger partial charge in [-0.2, -0.15) is 0 Å². The van der Waals surface area contributed by atoms with E-state index in [1.165, 1.54) is 180 Å². The molecule has 0 aliphatic carbocycles. The maximum absolute atomic E-state index is 12.5. The number of amides is 1. The zero-order chi connectivity index (χ0) is 43.7. The van der Waals surface area contributed by atoms with Gasteiger partial charge in [0.25, 0.3) is 0 Å². The van der Waals surface area contributed by atoms with Crippen molar-refractivity contribution in [1.82, 2.24) is 5.32 Å². The molecule has 0 bridgehead atoms. The normalized spacial score (nSPS) is 12.8. The number of rotatable bonds is 49. The topological polar surface area (TPSA) is 95.9 Å². The van der Waals surface area contributed by atoms with E-state index in [0.29, 0.717) is 25.9 Å². The van der Waals surface area contributed by atoms with Crippen molar-refractivity contribution in [2.24, 2.45) is 0 Å². The molecule has 0 fully saturated rings. The summed E-state index contributed by atoms with van der Waals surface area (Å²) in [5, 5.41) is 23.3. The smallest absolute Gasteiger partial charge is 0.305 e. The lowest BCUT2D eigenvalue weighted by Crippen LogP contribution is -2.45. The second-order valence-electron chi connectivity index (χ2n) is 18.2. The molecule has 6 nitrogen and oxygen atoms in total. The Morgan fingerprint density at radius 3 is 1.33 bits per heavy atom. The van der Waals surface area contributed by atoms with E-state index in [2.05, 4.69) is 43.5 Å². The highest BCUT2D eigenvalue weighted by Gasteiger charge is 2.20. The zero-order valence-corrected chi connectivity index (χ0v) is 40.2. The van der Waals surface area contributed by atoms with Crippen molar-refractivity contribution in [2.75, 3.05) is 13.2 Å². The zero-order valence-electron chi connectivity index (χ0n) is 40.2. The molecular weight excluding hydrogens is 743 g/mol. The maximum Gasteiger partial charge on any atom is 0.305 e. The van der Waals surface area contributed by atoms with E-state index in [1.807, 2.05) is 0 Å². The Hall–Kier alpha value is -1.66. The van der Waals surface area contributed by atoms with E-state index in [-0.39, 0.29) is 18.5 Å². The first kappa shape index (κ1) is 58.3. The average molecular weight is 846 g/mol. The molecule has 0 aromatic carbocycles. The van der Waals surface area contributed by atoms with E-state index >= 15 is 0 Å². The van der Waals surface area contributed by atoms with Crippen molar-refractivity contribution in [2.45, 2.75) is 296 Å². The molecule has 3 N–H and O–H groups in total. The fourth-order valence-corrected chi connectivity index (χ4v) is 8.15. The van der Waals surface area contributed by atoms with Gasteiger partial charge in [0.05, 0.1) is 25.4 Å². The number of carbonyl (C=O) groups is 2. The first-order valence-electron chi connectivity index (χ1n) is 26.6. The van der Waals surface area contributed by atoms with Crippen LogP contribution < -0.4 is 5.32 Å². The molecule has 0 saturated carbocycles. The van der Waals surface area contributed by atoms with E-state index in [0.717, 1.165) is 70.6 Å². The fourth-order valence-electron chi connectivity index (χ4n) is 8.15. The predicted octanol–water partition coefficient (Wildman–Crippen LogP) is 15.9. The lowest BCUT2D eigenvalue weighted by Gasteiger charge is -2.22. The summed E-state index contributed by atoms with van der Waals surface area (Å²) in [5.41, 5.74) is 0. The van der Waals surface area contributed by atoms with Crippen LogP contribution in [-0.2, 0) is 14.3 Å². The van der Waals surface area contributed by atoms with Gasteiger partial charge < -0.3 is 20.3 Å². The molecule has 0 spiro atoms. The number of aliphatic hydroxyl groups excluding tert-OH is 2. The molecule has 6 heteroatoms. The van der Waals surface area contributed by atoms with Gasteiger partial charge in [-0.05, 0) is 51.4 Å². The van der Waals surface area contributed by atoms with Gasteiger partial charge in [0.15, 0.2) is 0 Å².